The van der Waals surface area contributed by atoms with Crippen LogP contribution in [0.2, 0.25) is 0 Å². The van der Waals surface area contributed by atoms with E-state index in [0.29, 0.717) is 17.2 Å². The summed E-state index contributed by atoms with van der Waals surface area (Å²) in [6.45, 7) is 5.63. The van der Waals surface area contributed by atoms with Gasteiger partial charge in [-0.05, 0) is 56.5 Å². The zero-order chi connectivity index (χ0) is 18.5. The van der Waals surface area contributed by atoms with Gasteiger partial charge in [0.2, 0.25) is 5.91 Å². The summed E-state index contributed by atoms with van der Waals surface area (Å²) < 4.78 is 0. The van der Waals surface area contributed by atoms with E-state index in [0.717, 1.165) is 31.5 Å². The Bertz CT molecular complexity index is 765. The monoisotopic (exact) mass is 350 g/mol. The van der Waals surface area contributed by atoms with Crippen molar-refractivity contribution in [3.05, 3.63) is 65.7 Å². The van der Waals surface area contributed by atoms with Crippen LogP contribution in [0.1, 0.15) is 48.7 Å². The number of hydrogen-bond acceptors (Lipinski definition) is 3. The Kier molecular flexibility index (Phi) is 5.84. The van der Waals surface area contributed by atoms with Gasteiger partial charge in [-0.1, -0.05) is 49.4 Å². The molecule has 2 aromatic rings. The number of carbonyl (C=O) groups excluding carboxylic acids is 2. The molecule has 0 spiro atoms. The highest BCUT2D eigenvalue weighted by molar-refractivity contribution is 5.98. The normalized spacial score (nSPS) is 16.8. The molecule has 3 rings (SSSR count). The summed E-state index contributed by atoms with van der Waals surface area (Å²) >= 11 is 0. The van der Waals surface area contributed by atoms with E-state index in [1.165, 1.54) is 6.92 Å². The van der Waals surface area contributed by atoms with Crippen molar-refractivity contribution in [3.63, 3.8) is 0 Å². The molecule has 0 saturated carbocycles. The fraction of sp³-hybridized carbons (Fsp3) is 0.364. The smallest absolute Gasteiger partial charge is 0.246 e. The van der Waals surface area contributed by atoms with Gasteiger partial charge in [0, 0.05) is 11.3 Å². The minimum absolute atomic E-state index is 0.00859. The van der Waals surface area contributed by atoms with E-state index < -0.39 is 0 Å². The molecule has 4 nitrogen and oxygen atoms in total. The van der Waals surface area contributed by atoms with Crippen LogP contribution < -0.4 is 5.32 Å². The molecule has 136 valence electrons. The largest absolute Gasteiger partial charge is 0.324 e. The Morgan fingerprint density at radius 2 is 1.73 bits per heavy atom. The summed E-state index contributed by atoms with van der Waals surface area (Å²) in [5, 5.41) is 3.01. The number of nitrogens with one attached hydrogen (secondary N) is 1. The minimum Gasteiger partial charge on any atom is -0.324 e. The Labute approximate surface area is 155 Å². The molecule has 0 aromatic heterocycles. The Hall–Kier alpha value is -2.46. The second-order valence-electron chi connectivity index (χ2n) is 7.16. The predicted octanol–water partition coefficient (Wildman–Crippen LogP) is 4.30. The fourth-order valence-electron chi connectivity index (χ4n) is 3.48. The van der Waals surface area contributed by atoms with Crippen molar-refractivity contribution < 1.29 is 9.59 Å². The van der Waals surface area contributed by atoms with Gasteiger partial charge in [0.05, 0.1) is 0 Å². The van der Waals surface area contributed by atoms with Crippen molar-refractivity contribution >= 4 is 17.4 Å². The number of amides is 1. The quantitative estimate of drug-likeness (QED) is 0.818. The summed E-state index contributed by atoms with van der Waals surface area (Å²) in [5.41, 5.74) is 2.27. The van der Waals surface area contributed by atoms with E-state index >= 15 is 0 Å². The van der Waals surface area contributed by atoms with Gasteiger partial charge in [-0.25, -0.2) is 0 Å². The molecule has 2 aromatic carbocycles. The molecule has 1 saturated heterocycles. The average molecular weight is 350 g/mol. The SMILES string of the molecule is CC(=O)c1cccc(NC(=O)C(c2ccccc2)N2CCC(C)CC2)c1. The second-order valence-corrected chi connectivity index (χ2v) is 7.16. The number of nitrogens with zero attached hydrogens (tertiary/aromatic N) is 1. The molecule has 0 bridgehead atoms. The van der Waals surface area contributed by atoms with E-state index in [1.807, 2.05) is 36.4 Å². The molecule has 0 aliphatic carbocycles. The lowest BCUT2D eigenvalue weighted by molar-refractivity contribution is -0.122. The summed E-state index contributed by atoms with van der Waals surface area (Å²) in [7, 11) is 0. The zero-order valence-electron chi connectivity index (χ0n) is 15.4. The van der Waals surface area contributed by atoms with Crippen LogP contribution in [0.3, 0.4) is 0 Å². The number of hydrogen-bond donors (Lipinski definition) is 1. The highest BCUT2D eigenvalue weighted by atomic mass is 16.2. The molecule has 1 aliphatic rings. The topological polar surface area (TPSA) is 49.4 Å². The van der Waals surface area contributed by atoms with Crippen molar-refractivity contribution in [1.29, 1.82) is 0 Å². The van der Waals surface area contributed by atoms with Crippen molar-refractivity contribution in [1.82, 2.24) is 4.90 Å². The molecule has 26 heavy (non-hydrogen) atoms. The number of carbonyl (C=O) groups is 2. The lowest BCUT2D eigenvalue weighted by atomic mass is 9.95. The van der Waals surface area contributed by atoms with Gasteiger partial charge in [0.25, 0.3) is 0 Å². The molecular weight excluding hydrogens is 324 g/mol. The van der Waals surface area contributed by atoms with Gasteiger partial charge >= 0.3 is 0 Å². The van der Waals surface area contributed by atoms with Crippen molar-refractivity contribution in [2.24, 2.45) is 5.92 Å². The van der Waals surface area contributed by atoms with Gasteiger partial charge in [0.15, 0.2) is 5.78 Å². The van der Waals surface area contributed by atoms with Crippen LogP contribution >= 0.6 is 0 Å². The lowest BCUT2D eigenvalue weighted by Crippen LogP contribution is -2.41. The number of likely N-dealkylation sites (tertiary alicyclic amines) is 1. The summed E-state index contributed by atoms with van der Waals surface area (Å²) in [6.07, 6.45) is 2.22. The van der Waals surface area contributed by atoms with Gasteiger partial charge < -0.3 is 5.32 Å². The van der Waals surface area contributed by atoms with Crippen molar-refractivity contribution in [2.75, 3.05) is 18.4 Å². The molecule has 1 unspecified atom stereocenters. The Morgan fingerprint density at radius 1 is 1.04 bits per heavy atom. The van der Waals surface area contributed by atoms with Crippen molar-refractivity contribution in [3.8, 4) is 0 Å². The average Bonchev–Trinajstić information content (AvgIpc) is 2.64. The Balaban J connectivity index is 1.83. The predicted molar refractivity (Wildman–Crippen MR) is 104 cm³/mol. The first kappa shape index (κ1) is 18.3. The highest BCUT2D eigenvalue weighted by Gasteiger charge is 2.30. The summed E-state index contributed by atoms with van der Waals surface area (Å²) in [5.74, 6) is 0.648. The van der Waals surface area contributed by atoms with E-state index in [1.54, 1.807) is 18.2 Å². The van der Waals surface area contributed by atoms with Crippen LogP contribution in [-0.2, 0) is 4.79 Å². The Morgan fingerprint density at radius 3 is 2.38 bits per heavy atom. The first-order valence-electron chi connectivity index (χ1n) is 9.25. The minimum atomic E-state index is -0.315. The lowest BCUT2D eigenvalue weighted by Gasteiger charge is -2.36. The third-order valence-corrected chi connectivity index (χ3v) is 5.08. The van der Waals surface area contributed by atoms with E-state index in [4.69, 9.17) is 0 Å². The number of benzene rings is 2. The van der Waals surface area contributed by atoms with Gasteiger partial charge in [-0.15, -0.1) is 0 Å². The first-order chi connectivity index (χ1) is 12.5. The molecular formula is C22H26N2O2. The summed E-state index contributed by atoms with van der Waals surface area (Å²) in [6, 6.07) is 16.7. The molecule has 1 aliphatic heterocycles. The van der Waals surface area contributed by atoms with E-state index in [-0.39, 0.29) is 17.7 Å². The molecule has 1 amide bonds. The first-order valence-corrected chi connectivity index (χ1v) is 9.25. The molecule has 0 radical (unpaired) electrons. The second kappa shape index (κ2) is 8.28. The fourth-order valence-corrected chi connectivity index (χ4v) is 3.48. The van der Waals surface area contributed by atoms with E-state index in [9.17, 15) is 9.59 Å². The maximum atomic E-state index is 13.1. The molecule has 1 atom stereocenters. The van der Waals surface area contributed by atoms with Crippen LogP contribution in [0.4, 0.5) is 5.69 Å². The molecule has 1 N–H and O–H groups in total. The van der Waals surface area contributed by atoms with Crippen LogP contribution in [0.15, 0.2) is 54.6 Å². The maximum Gasteiger partial charge on any atom is 0.246 e. The number of piperidine rings is 1. The number of rotatable bonds is 5. The third kappa shape index (κ3) is 4.38. The van der Waals surface area contributed by atoms with E-state index in [2.05, 4.69) is 17.1 Å². The third-order valence-electron chi connectivity index (χ3n) is 5.08. The summed E-state index contributed by atoms with van der Waals surface area (Å²) in [4.78, 5) is 27.0. The van der Waals surface area contributed by atoms with Crippen LogP contribution in [0.5, 0.6) is 0 Å². The maximum absolute atomic E-state index is 13.1. The number of anilines is 1. The van der Waals surface area contributed by atoms with Crippen LogP contribution in [0, 0.1) is 5.92 Å². The van der Waals surface area contributed by atoms with Crippen LogP contribution in [0.25, 0.3) is 0 Å². The molecule has 1 heterocycles. The molecule has 1 fully saturated rings. The molecule has 4 heteroatoms. The van der Waals surface area contributed by atoms with Crippen LogP contribution in [-0.4, -0.2) is 29.7 Å². The standard InChI is InChI=1S/C22H26N2O2/c1-16-11-13-24(14-12-16)21(18-7-4-3-5-8-18)22(26)23-20-10-6-9-19(15-20)17(2)25/h3-10,15-16,21H,11-14H2,1-2H3,(H,23,26). The van der Waals surface area contributed by atoms with Gasteiger partial charge in [0.1, 0.15) is 6.04 Å². The highest BCUT2D eigenvalue weighted by Crippen LogP contribution is 2.28. The number of Topliss-reactive ketones (excluding diaryl/α,β-unsaturated/α-hetero) is 1. The van der Waals surface area contributed by atoms with Gasteiger partial charge in [-0.3, -0.25) is 14.5 Å². The number of ketones is 1. The zero-order valence-corrected chi connectivity index (χ0v) is 15.4. The van der Waals surface area contributed by atoms with Crippen molar-refractivity contribution in [2.45, 2.75) is 32.7 Å². The van der Waals surface area contributed by atoms with Gasteiger partial charge in [-0.2, -0.15) is 0 Å².